The predicted molar refractivity (Wildman–Crippen MR) is 91.0 cm³/mol. The maximum atomic E-state index is 12.3. The maximum Gasteiger partial charge on any atom is 0.336 e. The third kappa shape index (κ3) is 4.17. The highest BCUT2D eigenvalue weighted by Crippen LogP contribution is 2.15. The van der Waals surface area contributed by atoms with Crippen LogP contribution in [0.4, 0.5) is 0 Å². The van der Waals surface area contributed by atoms with Gasteiger partial charge in [0.05, 0.1) is 11.1 Å². The van der Waals surface area contributed by atoms with Crippen LogP contribution in [0, 0.1) is 0 Å². The van der Waals surface area contributed by atoms with Gasteiger partial charge in [-0.3, -0.25) is 14.4 Å². The van der Waals surface area contributed by atoms with E-state index in [0.29, 0.717) is 16.7 Å². The molecule has 2 N–H and O–H groups in total. The number of Topliss-reactive ketones (excluding diaryl/α,β-unsaturated/α-hetero) is 2. The van der Waals surface area contributed by atoms with E-state index < -0.39 is 11.9 Å². The van der Waals surface area contributed by atoms with Crippen LogP contribution >= 0.6 is 0 Å². The molecule has 0 radical (unpaired) electrons. The Bertz CT molecular complexity index is 870. The fourth-order valence-electron chi connectivity index (χ4n) is 2.42. The highest BCUT2D eigenvalue weighted by atomic mass is 16.4. The molecule has 0 saturated carbocycles. The van der Waals surface area contributed by atoms with Gasteiger partial charge in [-0.05, 0) is 37.6 Å². The highest BCUT2D eigenvalue weighted by Gasteiger charge is 2.16. The lowest BCUT2D eigenvalue weighted by molar-refractivity contribution is 0.0690. The lowest BCUT2D eigenvalue weighted by Gasteiger charge is -2.11. The van der Waals surface area contributed by atoms with E-state index in [9.17, 15) is 19.2 Å². The third-order valence-electron chi connectivity index (χ3n) is 3.74. The number of amides is 1. The average Bonchev–Trinajstić information content (AvgIpc) is 2.59. The number of aromatic carboxylic acids is 1. The van der Waals surface area contributed by atoms with Crippen molar-refractivity contribution >= 4 is 23.4 Å². The smallest absolute Gasteiger partial charge is 0.336 e. The molecule has 2 aromatic carbocycles. The number of nitrogens with one attached hydrogen (secondary N) is 1. The van der Waals surface area contributed by atoms with Crippen LogP contribution in [0.25, 0.3) is 0 Å². The molecule has 0 saturated heterocycles. The Morgan fingerprint density at radius 3 is 2.08 bits per heavy atom. The van der Waals surface area contributed by atoms with Gasteiger partial charge >= 0.3 is 5.97 Å². The molecular formula is C19H17NO5. The Morgan fingerprint density at radius 2 is 1.52 bits per heavy atom. The number of carbonyl (C=O) groups excluding carboxylic acids is 3. The number of carboxylic acids is 1. The molecule has 1 amide bonds. The van der Waals surface area contributed by atoms with Crippen LogP contribution in [-0.2, 0) is 6.54 Å². The zero-order valence-corrected chi connectivity index (χ0v) is 13.8. The van der Waals surface area contributed by atoms with Gasteiger partial charge in [0.25, 0.3) is 5.91 Å². The van der Waals surface area contributed by atoms with Crippen molar-refractivity contribution in [3.05, 3.63) is 70.3 Å². The SMILES string of the molecule is CC(=O)c1ccc(CNC(=O)c2ccccc2C(=O)O)c(C(C)=O)c1. The summed E-state index contributed by atoms with van der Waals surface area (Å²) in [5, 5.41) is 11.8. The Kier molecular flexibility index (Phi) is 5.44. The van der Waals surface area contributed by atoms with E-state index >= 15 is 0 Å². The largest absolute Gasteiger partial charge is 0.478 e. The van der Waals surface area contributed by atoms with Crippen LogP contribution in [-0.4, -0.2) is 28.5 Å². The first kappa shape index (κ1) is 18.1. The zero-order chi connectivity index (χ0) is 18.6. The topological polar surface area (TPSA) is 101 Å². The molecule has 6 nitrogen and oxygen atoms in total. The summed E-state index contributed by atoms with van der Waals surface area (Å²) in [6.07, 6.45) is 0. The molecule has 0 aromatic heterocycles. The summed E-state index contributed by atoms with van der Waals surface area (Å²) in [6.45, 7) is 2.83. The molecule has 0 bridgehead atoms. The monoisotopic (exact) mass is 339 g/mol. The molecule has 25 heavy (non-hydrogen) atoms. The van der Waals surface area contributed by atoms with Gasteiger partial charge in [-0.2, -0.15) is 0 Å². The van der Waals surface area contributed by atoms with Crippen LogP contribution in [0.3, 0.4) is 0 Å². The van der Waals surface area contributed by atoms with Crippen molar-refractivity contribution in [2.75, 3.05) is 0 Å². The summed E-state index contributed by atoms with van der Waals surface area (Å²) >= 11 is 0. The molecule has 0 heterocycles. The molecule has 0 fully saturated rings. The van der Waals surface area contributed by atoms with Crippen molar-refractivity contribution < 1.29 is 24.3 Å². The normalized spacial score (nSPS) is 10.2. The van der Waals surface area contributed by atoms with Crippen molar-refractivity contribution in [1.82, 2.24) is 5.32 Å². The van der Waals surface area contributed by atoms with Crippen LogP contribution < -0.4 is 5.32 Å². The van der Waals surface area contributed by atoms with Crippen molar-refractivity contribution in [3.63, 3.8) is 0 Å². The van der Waals surface area contributed by atoms with Crippen LogP contribution in [0.1, 0.15) is 60.8 Å². The summed E-state index contributed by atoms with van der Waals surface area (Å²) < 4.78 is 0. The Balaban J connectivity index is 2.24. The second-order valence-electron chi connectivity index (χ2n) is 5.52. The van der Waals surface area contributed by atoms with Gasteiger partial charge in [0.1, 0.15) is 0 Å². The minimum absolute atomic E-state index is 0.0414. The zero-order valence-electron chi connectivity index (χ0n) is 13.8. The minimum Gasteiger partial charge on any atom is -0.478 e. The second-order valence-corrected chi connectivity index (χ2v) is 5.52. The molecule has 128 valence electrons. The predicted octanol–water partition coefficient (Wildman–Crippen LogP) is 2.72. The lowest BCUT2D eigenvalue weighted by atomic mass is 9.99. The Morgan fingerprint density at radius 1 is 0.880 bits per heavy atom. The first-order valence-electron chi connectivity index (χ1n) is 7.56. The minimum atomic E-state index is -1.19. The van der Waals surface area contributed by atoms with Gasteiger partial charge in [0.15, 0.2) is 11.6 Å². The average molecular weight is 339 g/mol. The highest BCUT2D eigenvalue weighted by molar-refractivity contribution is 6.05. The van der Waals surface area contributed by atoms with E-state index in [2.05, 4.69) is 5.32 Å². The van der Waals surface area contributed by atoms with E-state index in [1.54, 1.807) is 18.2 Å². The van der Waals surface area contributed by atoms with Gasteiger partial charge in [0, 0.05) is 17.7 Å². The second kappa shape index (κ2) is 7.53. The number of hydrogen-bond donors (Lipinski definition) is 2. The first-order chi connectivity index (χ1) is 11.8. The van der Waals surface area contributed by atoms with Crippen molar-refractivity contribution in [3.8, 4) is 0 Å². The van der Waals surface area contributed by atoms with Gasteiger partial charge in [0.2, 0.25) is 0 Å². The molecule has 2 aromatic rings. The molecule has 2 rings (SSSR count). The Hall–Kier alpha value is -3.28. The van der Waals surface area contributed by atoms with E-state index in [0.717, 1.165) is 0 Å². The fraction of sp³-hybridized carbons (Fsp3) is 0.158. The molecule has 0 aliphatic heterocycles. The quantitative estimate of drug-likeness (QED) is 0.788. The summed E-state index contributed by atoms with van der Waals surface area (Å²) in [5.74, 6) is -2.13. The van der Waals surface area contributed by atoms with Crippen LogP contribution in [0.2, 0.25) is 0 Å². The van der Waals surface area contributed by atoms with E-state index in [-0.39, 0.29) is 29.2 Å². The summed E-state index contributed by atoms with van der Waals surface area (Å²) in [7, 11) is 0. The first-order valence-corrected chi connectivity index (χ1v) is 7.56. The molecule has 0 unspecified atom stereocenters. The number of carbonyl (C=O) groups is 4. The summed E-state index contributed by atoms with van der Waals surface area (Å²) in [5.41, 5.74) is 1.26. The summed E-state index contributed by atoms with van der Waals surface area (Å²) in [6, 6.07) is 10.6. The number of benzene rings is 2. The number of ketones is 2. The molecule has 0 atom stereocenters. The number of carboxylic acid groups (broad SMARTS) is 1. The van der Waals surface area contributed by atoms with Crippen LogP contribution in [0.5, 0.6) is 0 Å². The molecule has 6 heteroatoms. The number of hydrogen-bond acceptors (Lipinski definition) is 4. The molecule has 0 spiro atoms. The molecule has 0 aliphatic rings. The standard InChI is InChI=1S/C19H17NO5/c1-11(21)13-7-8-14(17(9-13)12(2)22)10-20-18(23)15-5-3-4-6-16(15)19(24)25/h3-9H,10H2,1-2H3,(H,20,23)(H,24,25). The van der Waals surface area contributed by atoms with E-state index in [1.807, 2.05) is 0 Å². The Labute approximate surface area is 144 Å². The molecular weight excluding hydrogens is 322 g/mol. The summed E-state index contributed by atoms with van der Waals surface area (Å²) in [4.78, 5) is 46.7. The molecule has 0 aliphatic carbocycles. The van der Waals surface area contributed by atoms with Gasteiger partial charge in [-0.1, -0.05) is 24.3 Å². The van der Waals surface area contributed by atoms with Gasteiger partial charge in [-0.15, -0.1) is 0 Å². The fourth-order valence-corrected chi connectivity index (χ4v) is 2.42. The van der Waals surface area contributed by atoms with Gasteiger partial charge < -0.3 is 10.4 Å². The van der Waals surface area contributed by atoms with E-state index in [1.165, 1.54) is 38.1 Å². The number of rotatable bonds is 6. The van der Waals surface area contributed by atoms with Gasteiger partial charge in [-0.25, -0.2) is 4.79 Å². The van der Waals surface area contributed by atoms with Crippen molar-refractivity contribution in [2.24, 2.45) is 0 Å². The third-order valence-corrected chi connectivity index (χ3v) is 3.74. The maximum absolute atomic E-state index is 12.3. The van der Waals surface area contributed by atoms with Crippen LogP contribution in [0.15, 0.2) is 42.5 Å². The van der Waals surface area contributed by atoms with Crippen molar-refractivity contribution in [2.45, 2.75) is 20.4 Å². The van der Waals surface area contributed by atoms with Crippen molar-refractivity contribution in [1.29, 1.82) is 0 Å². The lowest BCUT2D eigenvalue weighted by Crippen LogP contribution is -2.25. The van der Waals surface area contributed by atoms with E-state index in [4.69, 9.17) is 5.11 Å².